The summed E-state index contributed by atoms with van der Waals surface area (Å²) in [6, 6.07) is 3.40. The Morgan fingerprint density at radius 1 is 1.32 bits per heavy atom. The van der Waals surface area contributed by atoms with Gasteiger partial charge < -0.3 is 10.6 Å². The number of nitrogens with one attached hydrogen (secondary N) is 2. The maximum absolute atomic E-state index is 12.8. The summed E-state index contributed by atoms with van der Waals surface area (Å²) in [5, 5.41) is 13.6. The number of hydrogen-bond donors (Lipinski definition) is 2. The SMILES string of the molecule is Cc1ccc(C(F)(F)F)cc1NC(=O)c1cn(C2CCNCC2)nn1. The van der Waals surface area contributed by atoms with Gasteiger partial charge in [-0.2, -0.15) is 13.2 Å². The molecule has 1 aromatic carbocycles. The van der Waals surface area contributed by atoms with Gasteiger partial charge in [-0.25, -0.2) is 4.68 Å². The van der Waals surface area contributed by atoms with Crippen molar-refractivity contribution in [2.24, 2.45) is 0 Å². The maximum atomic E-state index is 12.8. The van der Waals surface area contributed by atoms with Crippen molar-refractivity contribution >= 4 is 11.6 Å². The average Bonchev–Trinajstić information content (AvgIpc) is 3.07. The number of rotatable bonds is 3. The van der Waals surface area contributed by atoms with Crippen LogP contribution in [-0.2, 0) is 6.18 Å². The van der Waals surface area contributed by atoms with Crippen LogP contribution in [0.1, 0.15) is 40.5 Å². The van der Waals surface area contributed by atoms with E-state index in [0.717, 1.165) is 38.1 Å². The van der Waals surface area contributed by atoms with Gasteiger partial charge in [0.1, 0.15) is 0 Å². The average molecular weight is 353 g/mol. The van der Waals surface area contributed by atoms with Crippen LogP contribution in [0.25, 0.3) is 0 Å². The lowest BCUT2D eigenvalue weighted by molar-refractivity contribution is -0.137. The Morgan fingerprint density at radius 2 is 2.04 bits per heavy atom. The van der Waals surface area contributed by atoms with Crippen molar-refractivity contribution in [2.75, 3.05) is 18.4 Å². The lowest BCUT2D eigenvalue weighted by atomic mass is 10.1. The minimum absolute atomic E-state index is 0.0790. The molecule has 9 heteroatoms. The van der Waals surface area contributed by atoms with E-state index in [-0.39, 0.29) is 17.4 Å². The van der Waals surface area contributed by atoms with E-state index in [4.69, 9.17) is 0 Å². The van der Waals surface area contributed by atoms with Gasteiger partial charge >= 0.3 is 6.18 Å². The highest BCUT2D eigenvalue weighted by molar-refractivity contribution is 6.03. The molecule has 2 N–H and O–H groups in total. The lowest BCUT2D eigenvalue weighted by Gasteiger charge is -2.22. The van der Waals surface area contributed by atoms with Gasteiger partial charge in [0.15, 0.2) is 5.69 Å². The molecule has 0 bridgehead atoms. The van der Waals surface area contributed by atoms with Crippen LogP contribution in [0.15, 0.2) is 24.4 Å². The summed E-state index contributed by atoms with van der Waals surface area (Å²) in [5.74, 6) is -0.581. The number of anilines is 1. The number of amides is 1. The summed E-state index contributed by atoms with van der Waals surface area (Å²) in [6.45, 7) is 3.37. The largest absolute Gasteiger partial charge is 0.416 e. The van der Waals surface area contributed by atoms with E-state index in [0.29, 0.717) is 5.56 Å². The van der Waals surface area contributed by atoms with Gasteiger partial charge in [0.2, 0.25) is 0 Å². The van der Waals surface area contributed by atoms with E-state index in [1.54, 1.807) is 11.6 Å². The zero-order valence-electron chi connectivity index (χ0n) is 13.6. The molecule has 25 heavy (non-hydrogen) atoms. The number of aromatic nitrogens is 3. The van der Waals surface area contributed by atoms with Crippen molar-refractivity contribution in [3.05, 3.63) is 41.2 Å². The normalized spacial score (nSPS) is 16.0. The van der Waals surface area contributed by atoms with Crippen LogP contribution in [0.4, 0.5) is 18.9 Å². The minimum Gasteiger partial charge on any atom is -0.320 e. The van der Waals surface area contributed by atoms with Crippen molar-refractivity contribution in [1.29, 1.82) is 0 Å². The van der Waals surface area contributed by atoms with Crippen molar-refractivity contribution in [1.82, 2.24) is 20.3 Å². The van der Waals surface area contributed by atoms with Gasteiger partial charge in [-0.3, -0.25) is 4.79 Å². The predicted molar refractivity (Wildman–Crippen MR) is 85.3 cm³/mol. The van der Waals surface area contributed by atoms with Gasteiger partial charge in [-0.15, -0.1) is 5.10 Å². The van der Waals surface area contributed by atoms with Gasteiger partial charge in [-0.1, -0.05) is 11.3 Å². The van der Waals surface area contributed by atoms with E-state index in [2.05, 4.69) is 20.9 Å². The number of halogens is 3. The van der Waals surface area contributed by atoms with Gasteiger partial charge in [0.05, 0.1) is 17.8 Å². The predicted octanol–water partition coefficient (Wildman–Crippen LogP) is 2.78. The van der Waals surface area contributed by atoms with E-state index >= 15 is 0 Å². The topological polar surface area (TPSA) is 71.8 Å². The summed E-state index contributed by atoms with van der Waals surface area (Å²) in [4.78, 5) is 12.3. The van der Waals surface area contributed by atoms with Crippen molar-refractivity contribution in [3.63, 3.8) is 0 Å². The van der Waals surface area contributed by atoms with Crippen LogP contribution in [0.2, 0.25) is 0 Å². The maximum Gasteiger partial charge on any atom is 0.416 e. The number of aryl methyl sites for hydroxylation is 1. The minimum atomic E-state index is -4.47. The first-order chi connectivity index (χ1) is 11.8. The van der Waals surface area contributed by atoms with Crippen molar-refractivity contribution < 1.29 is 18.0 Å². The molecule has 1 aliphatic heterocycles. The highest BCUT2D eigenvalue weighted by Gasteiger charge is 2.31. The fraction of sp³-hybridized carbons (Fsp3) is 0.438. The molecule has 0 aliphatic carbocycles. The van der Waals surface area contributed by atoms with Crippen molar-refractivity contribution in [2.45, 2.75) is 32.0 Å². The quantitative estimate of drug-likeness (QED) is 0.890. The summed E-state index contributed by atoms with van der Waals surface area (Å²) in [7, 11) is 0. The Morgan fingerprint density at radius 3 is 2.72 bits per heavy atom. The second kappa shape index (κ2) is 6.83. The van der Waals surface area contributed by atoms with E-state index in [1.807, 2.05) is 0 Å². The molecule has 1 aromatic heterocycles. The number of nitrogens with zero attached hydrogens (tertiary/aromatic N) is 3. The first-order valence-corrected chi connectivity index (χ1v) is 7.96. The third-order valence-electron chi connectivity index (χ3n) is 4.24. The van der Waals surface area contributed by atoms with E-state index in [9.17, 15) is 18.0 Å². The van der Waals surface area contributed by atoms with Crippen LogP contribution in [0, 0.1) is 6.92 Å². The molecule has 0 unspecified atom stereocenters. The molecule has 0 spiro atoms. The third-order valence-corrected chi connectivity index (χ3v) is 4.24. The molecule has 2 heterocycles. The number of carbonyl (C=O) groups is 1. The number of carbonyl (C=O) groups excluding carboxylic acids is 1. The van der Waals surface area contributed by atoms with Gasteiger partial charge in [-0.05, 0) is 50.6 Å². The number of benzene rings is 1. The molecule has 134 valence electrons. The zero-order valence-corrected chi connectivity index (χ0v) is 13.6. The van der Waals surface area contributed by atoms with Crippen LogP contribution < -0.4 is 10.6 Å². The number of piperidine rings is 1. The van der Waals surface area contributed by atoms with Gasteiger partial charge in [0, 0.05) is 5.69 Å². The third kappa shape index (κ3) is 3.98. The first kappa shape index (κ1) is 17.4. The second-order valence-electron chi connectivity index (χ2n) is 6.05. The Bertz CT molecular complexity index is 765. The molecule has 1 saturated heterocycles. The Labute approximate surface area is 142 Å². The highest BCUT2D eigenvalue weighted by Crippen LogP contribution is 2.32. The Kier molecular flexibility index (Phi) is 4.76. The van der Waals surface area contributed by atoms with Crippen LogP contribution >= 0.6 is 0 Å². The molecule has 1 aliphatic rings. The molecular formula is C16H18F3N5O. The van der Waals surface area contributed by atoms with E-state index < -0.39 is 17.6 Å². The van der Waals surface area contributed by atoms with Crippen molar-refractivity contribution in [3.8, 4) is 0 Å². The van der Waals surface area contributed by atoms with Crippen LogP contribution in [0.5, 0.6) is 0 Å². The molecule has 0 atom stereocenters. The Balaban J connectivity index is 1.75. The lowest BCUT2D eigenvalue weighted by Crippen LogP contribution is -2.29. The smallest absolute Gasteiger partial charge is 0.320 e. The molecule has 6 nitrogen and oxygen atoms in total. The number of alkyl halides is 3. The Hall–Kier alpha value is -2.42. The molecule has 1 fully saturated rings. The summed E-state index contributed by atoms with van der Waals surface area (Å²) < 4.78 is 40.1. The van der Waals surface area contributed by atoms with Crippen LogP contribution in [0.3, 0.4) is 0 Å². The molecule has 2 aromatic rings. The number of hydrogen-bond acceptors (Lipinski definition) is 4. The highest BCUT2D eigenvalue weighted by atomic mass is 19.4. The van der Waals surface area contributed by atoms with E-state index in [1.165, 1.54) is 12.3 Å². The van der Waals surface area contributed by atoms with Crippen LogP contribution in [-0.4, -0.2) is 34.0 Å². The second-order valence-corrected chi connectivity index (χ2v) is 6.05. The fourth-order valence-corrected chi connectivity index (χ4v) is 2.75. The molecule has 0 radical (unpaired) electrons. The summed E-state index contributed by atoms with van der Waals surface area (Å²) >= 11 is 0. The summed E-state index contributed by atoms with van der Waals surface area (Å²) in [5.41, 5.74) is -0.0922. The monoisotopic (exact) mass is 353 g/mol. The molecular weight excluding hydrogens is 335 g/mol. The fourth-order valence-electron chi connectivity index (χ4n) is 2.75. The molecule has 1 amide bonds. The first-order valence-electron chi connectivity index (χ1n) is 7.96. The van der Waals surface area contributed by atoms with Gasteiger partial charge in [0.25, 0.3) is 5.91 Å². The molecule has 3 rings (SSSR count). The zero-order chi connectivity index (χ0) is 18.0. The molecule has 0 saturated carbocycles. The standard InChI is InChI=1S/C16H18F3N5O/c1-10-2-3-11(16(17,18)19)8-13(10)21-15(25)14-9-24(23-22-14)12-4-6-20-7-5-12/h2-3,8-9,12,20H,4-7H2,1H3,(H,21,25). The summed E-state index contributed by atoms with van der Waals surface area (Å²) in [6.07, 6.45) is -1.16.